The van der Waals surface area contributed by atoms with Crippen molar-refractivity contribution in [3.05, 3.63) is 24.3 Å². The number of anilines is 1. The van der Waals surface area contributed by atoms with Gasteiger partial charge >= 0.3 is 0 Å². The first-order valence-electron chi connectivity index (χ1n) is 4.28. The van der Waals surface area contributed by atoms with Crippen molar-refractivity contribution in [2.75, 3.05) is 19.8 Å². The largest absolute Gasteiger partial charge is 0.475 e. The van der Waals surface area contributed by atoms with Crippen LogP contribution in [0, 0.1) is 0 Å². The van der Waals surface area contributed by atoms with Crippen molar-refractivity contribution < 1.29 is 4.74 Å². The van der Waals surface area contributed by atoms with Gasteiger partial charge in [-0.25, -0.2) is 0 Å². The first kappa shape index (κ1) is 9.86. The third-order valence-electron chi connectivity index (χ3n) is 1.89. The Labute approximate surface area is 79.1 Å². The van der Waals surface area contributed by atoms with Crippen molar-refractivity contribution >= 4 is 5.69 Å². The summed E-state index contributed by atoms with van der Waals surface area (Å²) in [4.78, 5) is 1.99. The van der Waals surface area contributed by atoms with E-state index in [4.69, 9.17) is 10.5 Å². The second-order valence-electron chi connectivity index (χ2n) is 3.25. The van der Waals surface area contributed by atoms with Gasteiger partial charge in [0.1, 0.15) is 12.0 Å². The summed E-state index contributed by atoms with van der Waals surface area (Å²) in [6.45, 7) is 1.99. The third kappa shape index (κ3) is 2.95. The van der Waals surface area contributed by atoms with E-state index in [0.717, 1.165) is 11.4 Å². The minimum absolute atomic E-state index is 0.0572. The Hall–Kier alpha value is -1.22. The molecule has 0 aromatic heterocycles. The van der Waals surface area contributed by atoms with Crippen LogP contribution in [0.15, 0.2) is 24.3 Å². The molecule has 0 radical (unpaired) electrons. The summed E-state index contributed by atoms with van der Waals surface area (Å²) >= 11 is 0. The molecule has 0 bridgehead atoms. The SMILES string of the molecule is CC(Oc1cccc(N)c1)N(C)C. The fourth-order valence-electron chi connectivity index (χ4n) is 0.890. The van der Waals surface area contributed by atoms with Crippen LogP contribution in [0.2, 0.25) is 0 Å². The van der Waals surface area contributed by atoms with Gasteiger partial charge < -0.3 is 10.5 Å². The molecule has 0 fully saturated rings. The number of hydrogen-bond acceptors (Lipinski definition) is 3. The fourth-order valence-corrected chi connectivity index (χ4v) is 0.890. The summed E-state index contributed by atoms with van der Waals surface area (Å²) in [5.41, 5.74) is 6.34. The van der Waals surface area contributed by atoms with E-state index < -0.39 is 0 Å². The molecular formula is C10H16N2O. The lowest BCUT2D eigenvalue weighted by atomic mass is 10.3. The zero-order valence-electron chi connectivity index (χ0n) is 8.32. The number of benzene rings is 1. The average molecular weight is 180 g/mol. The Morgan fingerprint density at radius 1 is 1.38 bits per heavy atom. The number of ether oxygens (including phenoxy) is 1. The predicted octanol–water partition coefficient (Wildman–Crippen LogP) is 1.56. The molecule has 1 aromatic carbocycles. The highest BCUT2D eigenvalue weighted by Gasteiger charge is 2.05. The maximum atomic E-state index is 5.62. The maximum absolute atomic E-state index is 5.62. The van der Waals surface area contributed by atoms with E-state index in [1.807, 2.05) is 50.2 Å². The maximum Gasteiger partial charge on any atom is 0.149 e. The fraction of sp³-hybridized carbons (Fsp3) is 0.400. The number of nitrogen functional groups attached to an aromatic ring is 1. The molecule has 1 rings (SSSR count). The number of rotatable bonds is 3. The van der Waals surface area contributed by atoms with Crippen molar-refractivity contribution in [3.63, 3.8) is 0 Å². The topological polar surface area (TPSA) is 38.5 Å². The summed E-state index contributed by atoms with van der Waals surface area (Å²) in [5, 5.41) is 0. The van der Waals surface area contributed by atoms with Gasteiger partial charge in [0.05, 0.1) is 0 Å². The van der Waals surface area contributed by atoms with E-state index in [1.165, 1.54) is 0 Å². The van der Waals surface area contributed by atoms with Crippen LogP contribution in [-0.2, 0) is 0 Å². The van der Waals surface area contributed by atoms with Gasteiger partial charge in [0.2, 0.25) is 0 Å². The molecule has 1 unspecified atom stereocenters. The highest BCUT2D eigenvalue weighted by atomic mass is 16.5. The average Bonchev–Trinajstić information content (AvgIpc) is 2.04. The second kappa shape index (κ2) is 4.14. The van der Waals surface area contributed by atoms with E-state index in [2.05, 4.69) is 0 Å². The van der Waals surface area contributed by atoms with Crippen LogP contribution in [0.5, 0.6) is 5.75 Å². The molecule has 3 heteroatoms. The lowest BCUT2D eigenvalue weighted by Crippen LogP contribution is -2.30. The quantitative estimate of drug-likeness (QED) is 0.566. The van der Waals surface area contributed by atoms with Crippen molar-refractivity contribution in [3.8, 4) is 5.75 Å². The molecule has 0 aliphatic carbocycles. The van der Waals surface area contributed by atoms with Gasteiger partial charge in [-0.15, -0.1) is 0 Å². The zero-order valence-corrected chi connectivity index (χ0v) is 8.32. The summed E-state index contributed by atoms with van der Waals surface area (Å²) in [5.74, 6) is 0.807. The molecule has 0 heterocycles. The molecule has 72 valence electrons. The van der Waals surface area contributed by atoms with Gasteiger partial charge in [-0.1, -0.05) is 6.07 Å². The molecule has 2 N–H and O–H groups in total. The van der Waals surface area contributed by atoms with E-state index >= 15 is 0 Å². The predicted molar refractivity (Wildman–Crippen MR) is 54.6 cm³/mol. The van der Waals surface area contributed by atoms with Crippen LogP contribution in [-0.4, -0.2) is 25.2 Å². The monoisotopic (exact) mass is 180 g/mol. The lowest BCUT2D eigenvalue weighted by molar-refractivity contribution is 0.0816. The van der Waals surface area contributed by atoms with Crippen molar-refractivity contribution in [2.24, 2.45) is 0 Å². The van der Waals surface area contributed by atoms with Crippen LogP contribution in [0.4, 0.5) is 5.69 Å². The first-order chi connectivity index (χ1) is 6.09. The third-order valence-corrected chi connectivity index (χ3v) is 1.89. The summed E-state index contributed by atoms with van der Waals surface area (Å²) in [6.07, 6.45) is 0.0572. The minimum atomic E-state index is 0.0572. The van der Waals surface area contributed by atoms with Gasteiger partial charge in [0.15, 0.2) is 0 Å². The zero-order chi connectivity index (χ0) is 9.84. The number of hydrogen-bond donors (Lipinski definition) is 1. The molecule has 1 atom stereocenters. The molecule has 0 spiro atoms. The standard InChI is InChI=1S/C10H16N2O/c1-8(12(2)3)13-10-6-4-5-9(11)7-10/h4-8H,11H2,1-3H3. The molecular weight excluding hydrogens is 164 g/mol. The highest BCUT2D eigenvalue weighted by Crippen LogP contribution is 2.16. The van der Waals surface area contributed by atoms with Gasteiger partial charge in [0, 0.05) is 11.8 Å². The van der Waals surface area contributed by atoms with E-state index in [-0.39, 0.29) is 6.23 Å². The summed E-state index contributed by atoms with van der Waals surface area (Å²) in [6, 6.07) is 7.44. The molecule has 13 heavy (non-hydrogen) atoms. The Balaban J connectivity index is 2.64. The lowest BCUT2D eigenvalue weighted by Gasteiger charge is -2.21. The van der Waals surface area contributed by atoms with Crippen LogP contribution in [0.3, 0.4) is 0 Å². The number of nitrogens with zero attached hydrogens (tertiary/aromatic N) is 1. The first-order valence-corrected chi connectivity index (χ1v) is 4.28. The van der Waals surface area contributed by atoms with Crippen molar-refractivity contribution in [1.82, 2.24) is 4.90 Å². The van der Waals surface area contributed by atoms with Crippen molar-refractivity contribution in [2.45, 2.75) is 13.2 Å². The van der Waals surface area contributed by atoms with Gasteiger partial charge in [0.25, 0.3) is 0 Å². The smallest absolute Gasteiger partial charge is 0.149 e. The van der Waals surface area contributed by atoms with Crippen molar-refractivity contribution in [1.29, 1.82) is 0 Å². The molecule has 0 saturated heterocycles. The van der Waals surface area contributed by atoms with Crippen LogP contribution in [0.1, 0.15) is 6.92 Å². The van der Waals surface area contributed by atoms with Gasteiger partial charge in [-0.05, 0) is 33.2 Å². The Morgan fingerprint density at radius 2 is 2.08 bits per heavy atom. The normalized spacial score (nSPS) is 12.9. The van der Waals surface area contributed by atoms with Gasteiger partial charge in [-0.3, -0.25) is 4.90 Å². The molecule has 0 saturated carbocycles. The molecule has 0 aliphatic rings. The molecule has 3 nitrogen and oxygen atoms in total. The van der Waals surface area contributed by atoms with E-state index in [9.17, 15) is 0 Å². The van der Waals surface area contributed by atoms with E-state index in [0.29, 0.717) is 0 Å². The molecule has 1 aromatic rings. The van der Waals surface area contributed by atoms with Gasteiger partial charge in [-0.2, -0.15) is 0 Å². The van der Waals surface area contributed by atoms with Crippen LogP contribution >= 0.6 is 0 Å². The second-order valence-corrected chi connectivity index (χ2v) is 3.25. The Bertz CT molecular complexity index is 273. The minimum Gasteiger partial charge on any atom is -0.475 e. The Morgan fingerprint density at radius 3 is 2.62 bits per heavy atom. The highest BCUT2D eigenvalue weighted by molar-refractivity contribution is 5.43. The van der Waals surface area contributed by atoms with Crippen LogP contribution in [0.25, 0.3) is 0 Å². The molecule has 0 amide bonds. The Kier molecular flexibility index (Phi) is 3.14. The summed E-state index contributed by atoms with van der Waals surface area (Å²) < 4.78 is 5.60. The summed E-state index contributed by atoms with van der Waals surface area (Å²) in [7, 11) is 3.94. The van der Waals surface area contributed by atoms with E-state index in [1.54, 1.807) is 0 Å². The van der Waals surface area contributed by atoms with Crippen LogP contribution < -0.4 is 10.5 Å². The number of nitrogens with two attached hydrogens (primary N) is 1. The molecule has 0 aliphatic heterocycles.